The molecule has 0 bridgehead atoms. The van der Waals surface area contributed by atoms with Crippen LogP contribution in [0.4, 0.5) is 0 Å². The van der Waals surface area contributed by atoms with Crippen molar-refractivity contribution in [1.82, 2.24) is 4.98 Å². The molecule has 4 heteroatoms. The minimum Gasteiger partial charge on any atom is -0.493 e. The van der Waals surface area contributed by atoms with Gasteiger partial charge in [0.25, 0.3) is 0 Å². The number of benzene rings is 1. The monoisotopic (exact) mass is 243 g/mol. The summed E-state index contributed by atoms with van der Waals surface area (Å²) in [5.41, 5.74) is 2.24. The minimum absolute atomic E-state index is 0.555. The number of carbonyl (C=O) groups is 1. The van der Waals surface area contributed by atoms with Gasteiger partial charge in [0, 0.05) is 17.3 Å². The van der Waals surface area contributed by atoms with Gasteiger partial charge in [0.2, 0.25) is 0 Å². The lowest BCUT2D eigenvalue weighted by atomic mass is 10.1. The van der Waals surface area contributed by atoms with Gasteiger partial charge in [0.05, 0.1) is 19.9 Å². The molecule has 0 atom stereocenters. The lowest BCUT2D eigenvalue weighted by Gasteiger charge is -2.09. The Balaban J connectivity index is 2.40. The Morgan fingerprint density at radius 2 is 1.83 bits per heavy atom. The standard InChI is InChI=1S/C14H13NO3/c1-17-13-6-4-11(7-14(13)18-2)12-5-3-10(9-16)8-15-12/h3-9H,1-2H3. The fourth-order valence-electron chi connectivity index (χ4n) is 1.64. The van der Waals surface area contributed by atoms with Gasteiger partial charge in [-0.25, -0.2) is 0 Å². The van der Waals surface area contributed by atoms with Crippen molar-refractivity contribution in [2.24, 2.45) is 0 Å². The van der Waals surface area contributed by atoms with Crippen molar-refractivity contribution in [2.45, 2.75) is 0 Å². The maximum Gasteiger partial charge on any atom is 0.161 e. The largest absolute Gasteiger partial charge is 0.493 e. The number of aldehydes is 1. The second kappa shape index (κ2) is 5.31. The van der Waals surface area contributed by atoms with E-state index < -0.39 is 0 Å². The lowest BCUT2D eigenvalue weighted by Crippen LogP contribution is -1.92. The van der Waals surface area contributed by atoms with E-state index in [9.17, 15) is 4.79 Å². The lowest BCUT2D eigenvalue weighted by molar-refractivity contribution is 0.112. The van der Waals surface area contributed by atoms with Crippen LogP contribution in [0.1, 0.15) is 10.4 Å². The van der Waals surface area contributed by atoms with E-state index in [1.807, 2.05) is 18.2 Å². The van der Waals surface area contributed by atoms with Crippen molar-refractivity contribution in [1.29, 1.82) is 0 Å². The van der Waals surface area contributed by atoms with Crippen molar-refractivity contribution < 1.29 is 14.3 Å². The average Bonchev–Trinajstić information content (AvgIpc) is 2.46. The molecule has 0 aliphatic carbocycles. The normalized spacial score (nSPS) is 9.89. The Kier molecular flexibility index (Phi) is 3.57. The summed E-state index contributed by atoms with van der Waals surface area (Å²) in [6, 6.07) is 9.09. The second-order valence-corrected chi connectivity index (χ2v) is 3.66. The zero-order valence-electron chi connectivity index (χ0n) is 10.2. The molecule has 1 heterocycles. The van der Waals surface area contributed by atoms with Crippen LogP contribution in [0.25, 0.3) is 11.3 Å². The molecule has 0 saturated carbocycles. The van der Waals surface area contributed by atoms with E-state index in [4.69, 9.17) is 9.47 Å². The van der Waals surface area contributed by atoms with Gasteiger partial charge in [-0.3, -0.25) is 9.78 Å². The molecule has 0 aliphatic rings. The minimum atomic E-state index is 0.555. The highest BCUT2D eigenvalue weighted by Gasteiger charge is 2.06. The van der Waals surface area contributed by atoms with Gasteiger partial charge >= 0.3 is 0 Å². The van der Waals surface area contributed by atoms with Crippen LogP contribution in [0.5, 0.6) is 11.5 Å². The summed E-state index contributed by atoms with van der Waals surface area (Å²) in [6.07, 6.45) is 2.31. The summed E-state index contributed by atoms with van der Waals surface area (Å²) < 4.78 is 10.4. The molecule has 0 saturated heterocycles. The smallest absolute Gasteiger partial charge is 0.161 e. The predicted molar refractivity (Wildman–Crippen MR) is 68.2 cm³/mol. The Morgan fingerprint density at radius 1 is 1.06 bits per heavy atom. The first-order valence-electron chi connectivity index (χ1n) is 5.42. The quantitative estimate of drug-likeness (QED) is 0.774. The molecular weight excluding hydrogens is 230 g/mol. The van der Waals surface area contributed by atoms with Crippen molar-refractivity contribution in [3.63, 3.8) is 0 Å². The Bertz CT molecular complexity index is 549. The van der Waals surface area contributed by atoms with E-state index in [1.54, 1.807) is 32.5 Å². The topological polar surface area (TPSA) is 48.4 Å². The van der Waals surface area contributed by atoms with Crippen LogP contribution in [-0.4, -0.2) is 25.5 Å². The summed E-state index contributed by atoms with van der Waals surface area (Å²) in [7, 11) is 3.18. The van der Waals surface area contributed by atoms with Gasteiger partial charge in [-0.05, 0) is 30.3 Å². The summed E-state index contributed by atoms with van der Waals surface area (Å²) in [4.78, 5) is 14.8. The molecule has 4 nitrogen and oxygen atoms in total. The fourth-order valence-corrected chi connectivity index (χ4v) is 1.64. The summed E-state index contributed by atoms with van der Waals surface area (Å²) in [5, 5.41) is 0. The Labute approximate surface area is 105 Å². The predicted octanol–water partition coefficient (Wildman–Crippen LogP) is 2.58. The van der Waals surface area contributed by atoms with E-state index >= 15 is 0 Å². The van der Waals surface area contributed by atoms with Crippen LogP contribution in [-0.2, 0) is 0 Å². The molecule has 92 valence electrons. The molecule has 1 aromatic carbocycles. The van der Waals surface area contributed by atoms with Crippen LogP contribution in [0.15, 0.2) is 36.5 Å². The van der Waals surface area contributed by atoms with Crippen LogP contribution in [0.3, 0.4) is 0 Å². The first-order chi connectivity index (χ1) is 8.78. The number of methoxy groups -OCH3 is 2. The highest BCUT2D eigenvalue weighted by Crippen LogP contribution is 2.31. The maximum absolute atomic E-state index is 10.6. The first-order valence-corrected chi connectivity index (χ1v) is 5.42. The third-order valence-corrected chi connectivity index (χ3v) is 2.60. The number of carbonyl (C=O) groups excluding carboxylic acids is 1. The van der Waals surface area contributed by atoms with E-state index in [2.05, 4.69) is 4.98 Å². The molecule has 0 fully saturated rings. The third-order valence-electron chi connectivity index (χ3n) is 2.60. The molecule has 18 heavy (non-hydrogen) atoms. The average molecular weight is 243 g/mol. The summed E-state index contributed by atoms with van der Waals surface area (Å²) >= 11 is 0. The Hall–Kier alpha value is -2.36. The van der Waals surface area contributed by atoms with Crippen molar-refractivity contribution in [2.75, 3.05) is 14.2 Å². The van der Waals surface area contributed by atoms with Crippen LogP contribution >= 0.6 is 0 Å². The highest BCUT2D eigenvalue weighted by molar-refractivity contribution is 5.75. The van der Waals surface area contributed by atoms with Gasteiger partial charge in [-0.1, -0.05) is 0 Å². The van der Waals surface area contributed by atoms with E-state index in [0.717, 1.165) is 17.5 Å². The van der Waals surface area contributed by atoms with Gasteiger partial charge in [-0.2, -0.15) is 0 Å². The van der Waals surface area contributed by atoms with Gasteiger partial charge in [0.1, 0.15) is 0 Å². The molecule has 1 aromatic heterocycles. The number of ether oxygens (including phenoxy) is 2. The first kappa shape index (κ1) is 12.1. The molecule has 0 spiro atoms. The molecule has 0 radical (unpaired) electrons. The second-order valence-electron chi connectivity index (χ2n) is 3.66. The fraction of sp³-hybridized carbons (Fsp3) is 0.143. The number of hydrogen-bond acceptors (Lipinski definition) is 4. The number of nitrogens with zero attached hydrogens (tertiary/aromatic N) is 1. The third kappa shape index (κ3) is 2.32. The molecule has 0 amide bonds. The number of pyridine rings is 1. The van der Waals surface area contributed by atoms with Crippen LogP contribution in [0.2, 0.25) is 0 Å². The van der Waals surface area contributed by atoms with Gasteiger partial charge < -0.3 is 9.47 Å². The maximum atomic E-state index is 10.6. The molecule has 2 aromatic rings. The molecule has 2 rings (SSSR count). The van der Waals surface area contributed by atoms with Crippen molar-refractivity contribution in [3.05, 3.63) is 42.1 Å². The number of rotatable bonds is 4. The molecule has 0 aliphatic heterocycles. The van der Waals surface area contributed by atoms with E-state index in [0.29, 0.717) is 17.1 Å². The van der Waals surface area contributed by atoms with Crippen molar-refractivity contribution >= 4 is 6.29 Å². The Morgan fingerprint density at radius 3 is 2.39 bits per heavy atom. The van der Waals surface area contributed by atoms with Gasteiger partial charge in [-0.15, -0.1) is 0 Å². The summed E-state index contributed by atoms with van der Waals surface area (Å²) in [6.45, 7) is 0. The zero-order valence-corrected chi connectivity index (χ0v) is 10.2. The van der Waals surface area contributed by atoms with E-state index in [1.165, 1.54) is 0 Å². The SMILES string of the molecule is COc1ccc(-c2ccc(C=O)cn2)cc1OC. The molecule has 0 N–H and O–H groups in total. The molecular formula is C14H13NO3. The van der Waals surface area contributed by atoms with Gasteiger partial charge in [0.15, 0.2) is 17.8 Å². The molecule has 0 unspecified atom stereocenters. The highest BCUT2D eigenvalue weighted by atomic mass is 16.5. The number of hydrogen-bond donors (Lipinski definition) is 0. The van der Waals surface area contributed by atoms with Crippen LogP contribution in [0, 0.1) is 0 Å². The zero-order chi connectivity index (χ0) is 13.0. The van der Waals surface area contributed by atoms with E-state index in [-0.39, 0.29) is 0 Å². The van der Waals surface area contributed by atoms with Crippen LogP contribution < -0.4 is 9.47 Å². The van der Waals surface area contributed by atoms with Crippen molar-refractivity contribution in [3.8, 4) is 22.8 Å². The summed E-state index contributed by atoms with van der Waals surface area (Å²) in [5.74, 6) is 1.32. The number of aromatic nitrogens is 1.